The minimum atomic E-state index is -0.823. The monoisotopic (exact) mass is 336 g/mol. The van der Waals surface area contributed by atoms with Gasteiger partial charge in [-0.1, -0.05) is 19.9 Å². The Morgan fingerprint density at radius 1 is 1.42 bits per heavy atom. The van der Waals surface area contributed by atoms with E-state index in [2.05, 4.69) is 19.2 Å². The van der Waals surface area contributed by atoms with E-state index in [0.717, 1.165) is 16.9 Å². The second-order valence-corrected chi connectivity index (χ2v) is 7.90. The number of nitrogens with zero attached hydrogens (tertiary/aromatic N) is 1. The molecule has 1 heterocycles. The molecule has 2 rings (SSSR count). The number of nitrogens with one attached hydrogen (secondary N) is 1. The molecule has 0 radical (unpaired) electrons. The van der Waals surface area contributed by atoms with Crippen molar-refractivity contribution in [3.05, 3.63) is 23.8 Å². The molecule has 24 heavy (non-hydrogen) atoms. The summed E-state index contributed by atoms with van der Waals surface area (Å²) in [5, 5.41) is 21.4. The maximum atomic E-state index is 12.5. The van der Waals surface area contributed by atoms with Gasteiger partial charge in [0, 0.05) is 24.2 Å². The van der Waals surface area contributed by atoms with Crippen LogP contribution in [0.3, 0.4) is 0 Å². The van der Waals surface area contributed by atoms with Crippen molar-refractivity contribution in [2.75, 3.05) is 29.9 Å². The Hall–Kier alpha value is -1.79. The van der Waals surface area contributed by atoms with Crippen LogP contribution in [0.2, 0.25) is 0 Å². The topological polar surface area (TPSA) is 82.0 Å². The zero-order valence-corrected chi connectivity index (χ0v) is 15.1. The average Bonchev–Trinajstić information content (AvgIpc) is 2.74. The van der Waals surface area contributed by atoms with E-state index in [1.807, 2.05) is 39.0 Å². The molecule has 0 spiro atoms. The number of aliphatic hydroxyl groups is 2. The number of hydrogen-bond acceptors (Lipinski definition) is 5. The summed E-state index contributed by atoms with van der Waals surface area (Å²) in [6.07, 6.45) is -1.18. The highest BCUT2D eigenvalue weighted by molar-refractivity contribution is 5.92. The van der Waals surface area contributed by atoms with Gasteiger partial charge >= 0.3 is 6.09 Å². The van der Waals surface area contributed by atoms with Gasteiger partial charge in [-0.2, -0.15) is 0 Å². The number of amides is 1. The molecule has 134 valence electrons. The molecule has 1 aliphatic rings. The van der Waals surface area contributed by atoms with Crippen molar-refractivity contribution >= 4 is 17.5 Å². The van der Waals surface area contributed by atoms with Gasteiger partial charge in [0.2, 0.25) is 0 Å². The zero-order valence-electron chi connectivity index (χ0n) is 15.1. The van der Waals surface area contributed by atoms with E-state index < -0.39 is 11.7 Å². The van der Waals surface area contributed by atoms with Gasteiger partial charge in [0.25, 0.3) is 0 Å². The molecular formula is C18H28N2O4. The maximum Gasteiger partial charge on any atom is 0.414 e. The number of hydrogen-bond donors (Lipinski definition) is 3. The summed E-state index contributed by atoms with van der Waals surface area (Å²) in [7, 11) is 0. The van der Waals surface area contributed by atoms with E-state index in [4.69, 9.17) is 9.84 Å². The minimum absolute atomic E-state index is 0.157. The summed E-state index contributed by atoms with van der Waals surface area (Å²) >= 11 is 0. The molecule has 1 unspecified atom stereocenters. The van der Waals surface area contributed by atoms with Crippen molar-refractivity contribution in [1.82, 2.24) is 0 Å². The van der Waals surface area contributed by atoms with Crippen LogP contribution in [0.4, 0.5) is 16.2 Å². The molecular weight excluding hydrogens is 308 g/mol. The van der Waals surface area contributed by atoms with Crippen LogP contribution in [0.25, 0.3) is 0 Å². The number of rotatable bonds is 4. The van der Waals surface area contributed by atoms with Crippen LogP contribution >= 0.6 is 0 Å². The molecule has 0 saturated carbocycles. The summed E-state index contributed by atoms with van der Waals surface area (Å²) in [4.78, 5) is 14.2. The Morgan fingerprint density at radius 2 is 2.08 bits per heavy atom. The quantitative estimate of drug-likeness (QED) is 0.787. The highest BCUT2D eigenvalue weighted by atomic mass is 16.6. The van der Waals surface area contributed by atoms with Gasteiger partial charge in [0.05, 0.1) is 18.4 Å². The summed E-state index contributed by atoms with van der Waals surface area (Å²) in [5.74, 6) is 0. The molecule has 1 aromatic rings. The van der Waals surface area contributed by atoms with Crippen LogP contribution in [0.15, 0.2) is 18.2 Å². The van der Waals surface area contributed by atoms with Crippen molar-refractivity contribution in [2.24, 2.45) is 0 Å². The minimum Gasteiger partial charge on any atom is -0.443 e. The Kier molecular flexibility index (Phi) is 5.11. The van der Waals surface area contributed by atoms with Crippen molar-refractivity contribution in [1.29, 1.82) is 0 Å². The van der Waals surface area contributed by atoms with E-state index in [1.54, 1.807) is 4.90 Å². The Morgan fingerprint density at radius 3 is 2.67 bits per heavy atom. The molecule has 0 aromatic heterocycles. The molecule has 0 fully saturated rings. The third kappa shape index (κ3) is 4.19. The standard InChI is InChI=1S/C18H28N2O4/c1-17(2,3)24-16(23)20-11-18(4,5)14-7-6-12(8-15(14)20)19-9-13(22)10-21/h6-8,13,19,21-22H,9-11H2,1-5H3. The third-order valence-corrected chi connectivity index (χ3v) is 3.94. The van der Waals surface area contributed by atoms with E-state index in [-0.39, 0.29) is 24.7 Å². The lowest BCUT2D eigenvalue weighted by Crippen LogP contribution is -2.38. The van der Waals surface area contributed by atoms with Crippen LogP contribution in [0, 0.1) is 0 Å². The smallest absolute Gasteiger partial charge is 0.414 e. The second-order valence-electron chi connectivity index (χ2n) is 7.90. The first-order valence-corrected chi connectivity index (χ1v) is 8.21. The first-order valence-electron chi connectivity index (χ1n) is 8.21. The summed E-state index contributed by atoms with van der Waals surface area (Å²) in [6.45, 7) is 10.2. The van der Waals surface area contributed by atoms with Gasteiger partial charge in [0.1, 0.15) is 5.60 Å². The fraction of sp³-hybridized carbons (Fsp3) is 0.611. The Labute approximate surface area is 143 Å². The largest absolute Gasteiger partial charge is 0.443 e. The summed E-state index contributed by atoms with van der Waals surface area (Å²) in [6, 6.07) is 5.80. The number of benzene rings is 1. The molecule has 3 N–H and O–H groups in total. The molecule has 6 heteroatoms. The lowest BCUT2D eigenvalue weighted by molar-refractivity contribution is 0.0579. The van der Waals surface area contributed by atoms with Crippen LogP contribution in [0.5, 0.6) is 0 Å². The van der Waals surface area contributed by atoms with E-state index in [0.29, 0.717) is 6.54 Å². The number of carbonyl (C=O) groups is 1. The number of anilines is 2. The van der Waals surface area contributed by atoms with E-state index in [9.17, 15) is 9.90 Å². The van der Waals surface area contributed by atoms with Crippen molar-refractivity contribution in [3.63, 3.8) is 0 Å². The normalized spacial score (nSPS) is 17.4. The Balaban J connectivity index is 2.26. The van der Waals surface area contributed by atoms with Gasteiger partial charge < -0.3 is 20.3 Å². The van der Waals surface area contributed by atoms with Gasteiger partial charge in [-0.3, -0.25) is 4.90 Å². The lowest BCUT2D eigenvalue weighted by Gasteiger charge is -2.26. The average molecular weight is 336 g/mol. The van der Waals surface area contributed by atoms with Crippen LogP contribution in [0.1, 0.15) is 40.2 Å². The number of carbonyl (C=O) groups excluding carboxylic acids is 1. The molecule has 1 amide bonds. The van der Waals surface area contributed by atoms with Gasteiger partial charge in [-0.15, -0.1) is 0 Å². The van der Waals surface area contributed by atoms with Crippen LogP contribution < -0.4 is 10.2 Å². The van der Waals surface area contributed by atoms with E-state index in [1.165, 1.54) is 0 Å². The first-order chi connectivity index (χ1) is 11.0. The molecule has 0 saturated heterocycles. The van der Waals surface area contributed by atoms with Gasteiger partial charge in [-0.05, 0) is 38.5 Å². The number of ether oxygens (including phenoxy) is 1. The first kappa shape index (κ1) is 18.5. The van der Waals surface area contributed by atoms with Crippen molar-refractivity contribution < 1.29 is 19.7 Å². The fourth-order valence-corrected chi connectivity index (χ4v) is 2.78. The second kappa shape index (κ2) is 6.61. The molecule has 1 aliphatic heterocycles. The van der Waals surface area contributed by atoms with Crippen LogP contribution in [-0.4, -0.2) is 47.7 Å². The van der Waals surface area contributed by atoms with E-state index >= 15 is 0 Å². The predicted molar refractivity (Wildman–Crippen MR) is 94.6 cm³/mol. The predicted octanol–water partition coefficient (Wildman–Crippen LogP) is 2.48. The van der Waals surface area contributed by atoms with Crippen molar-refractivity contribution in [3.8, 4) is 0 Å². The summed E-state index contributed by atoms with van der Waals surface area (Å²) < 4.78 is 5.52. The Bertz CT molecular complexity index is 608. The molecule has 1 aromatic carbocycles. The van der Waals surface area contributed by atoms with Crippen molar-refractivity contribution in [2.45, 2.75) is 51.7 Å². The summed E-state index contributed by atoms with van der Waals surface area (Å²) in [5.41, 5.74) is 1.98. The third-order valence-electron chi connectivity index (χ3n) is 3.94. The zero-order chi connectivity index (χ0) is 18.1. The van der Waals surface area contributed by atoms with Crippen LogP contribution in [-0.2, 0) is 10.2 Å². The fourth-order valence-electron chi connectivity index (χ4n) is 2.78. The van der Waals surface area contributed by atoms with Gasteiger partial charge in [0.15, 0.2) is 0 Å². The highest BCUT2D eigenvalue weighted by Gasteiger charge is 2.39. The highest BCUT2D eigenvalue weighted by Crippen LogP contribution is 2.42. The number of fused-ring (bicyclic) bond motifs is 1. The SMILES string of the molecule is CC(C)(C)OC(=O)N1CC(C)(C)c2ccc(NCC(O)CO)cc21. The lowest BCUT2D eigenvalue weighted by atomic mass is 9.87. The molecule has 6 nitrogen and oxygen atoms in total. The molecule has 0 bridgehead atoms. The maximum absolute atomic E-state index is 12.5. The number of aliphatic hydroxyl groups excluding tert-OH is 2. The molecule has 0 aliphatic carbocycles. The molecule has 1 atom stereocenters. The van der Waals surface area contributed by atoms with Gasteiger partial charge in [-0.25, -0.2) is 4.79 Å².